The molecule has 0 radical (unpaired) electrons. The molecule has 0 spiro atoms. The van der Waals surface area contributed by atoms with E-state index in [0.29, 0.717) is 13.1 Å². The number of halogens is 1. The standard InChI is InChI=1S/C13H17FN2O2/c1-3-16(4-2)12(17)9-15-13(18)10-6-5-7-11(14)8-10/h5-8H,3-4,9H2,1-2H3,(H,15,18). The highest BCUT2D eigenvalue weighted by Gasteiger charge is 2.12. The van der Waals surface area contributed by atoms with Gasteiger partial charge in [-0.2, -0.15) is 0 Å². The summed E-state index contributed by atoms with van der Waals surface area (Å²) in [6, 6.07) is 5.35. The summed E-state index contributed by atoms with van der Waals surface area (Å²) >= 11 is 0. The molecule has 0 bridgehead atoms. The Morgan fingerprint density at radius 1 is 1.28 bits per heavy atom. The Morgan fingerprint density at radius 3 is 2.50 bits per heavy atom. The Balaban J connectivity index is 2.54. The Labute approximate surface area is 106 Å². The fourth-order valence-corrected chi connectivity index (χ4v) is 1.58. The molecule has 1 aromatic carbocycles. The zero-order valence-corrected chi connectivity index (χ0v) is 10.6. The number of nitrogens with one attached hydrogen (secondary N) is 1. The van der Waals surface area contributed by atoms with Crippen LogP contribution in [0.25, 0.3) is 0 Å². The van der Waals surface area contributed by atoms with E-state index in [-0.39, 0.29) is 18.0 Å². The SMILES string of the molecule is CCN(CC)C(=O)CNC(=O)c1cccc(F)c1. The number of benzene rings is 1. The van der Waals surface area contributed by atoms with Gasteiger partial charge in [0.15, 0.2) is 0 Å². The lowest BCUT2D eigenvalue weighted by Crippen LogP contribution is -2.40. The molecule has 0 aliphatic heterocycles. The molecule has 0 atom stereocenters. The van der Waals surface area contributed by atoms with Gasteiger partial charge < -0.3 is 10.2 Å². The summed E-state index contributed by atoms with van der Waals surface area (Å²) in [7, 11) is 0. The summed E-state index contributed by atoms with van der Waals surface area (Å²) in [5.74, 6) is -1.07. The van der Waals surface area contributed by atoms with Gasteiger partial charge in [-0.25, -0.2) is 4.39 Å². The van der Waals surface area contributed by atoms with Gasteiger partial charge in [-0.15, -0.1) is 0 Å². The molecule has 1 aromatic rings. The summed E-state index contributed by atoms with van der Waals surface area (Å²) in [5, 5.41) is 2.48. The van der Waals surface area contributed by atoms with Crippen LogP contribution in [0.3, 0.4) is 0 Å². The van der Waals surface area contributed by atoms with E-state index in [9.17, 15) is 14.0 Å². The van der Waals surface area contributed by atoms with Gasteiger partial charge in [0.1, 0.15) is 5.82 Å². The van der Waals surface area contributed by atoms with Crippen LogP contribution in [0.5, 0.6) is 0 Å². The van der Waals surface area contributed by atoms with Crippen molar-refractivity contribution in [2.24, 2.45) is 0 Å². The van der Waals surface area contributed by atoms with Crippen LogP contribution in [0.2, 0.25) is 0 Å². The number of nitrogens with zero attached hydrogens (tertiary/aromatic N) is 1. The van der Waals surface area contributed by atoms with Crippen LogP contribution in [0.1, 0.15) is 24.2 Å². The van der Waals surface area contributed by atoms with Crippen LogP contribution in [-0.2, 0) is 4.79 Å². The minimum atomic E-state index is -0.474. The lowest BCUT2D eigenvalue weighted by atomic mass is 10.2. The monoisotopic (exact) mass is 252 g/mol. The second-order valence-electron chi connectivity index (χ2n) is 3.76. The molecule has 18 heavy (non-hydrogen) atoms. The van der Waals surface area contributed by atoms with E-state index in [4.69, 9.17) is 0 Å². The summed E-state index contributed by atoms with van der Waals surface area (Å²) in [6.45, 7) is 4.87. The third kappa shape index (κ3) is 3.84. The van der Waals surface area contributed by atoms with Crippen LogP contribution < -0.4 is 5.32 Å². The predicted octanol–water partition coefficient (Wildman–Crippen LogP) is 1.42. The molecule has 2 amide bonds. The Morgan fingerprint density at radius 2 is 1.94 bits per heavy atom. The van der Waals surface area contributed by atoms with Gasteiger partial charge in [0.2, 0.25) is 5.91 Å². The molecule has 0 heterocycles. The van der Waals surface area contributed by atoms with E-state index < -0.39 is 11.7 Å². The van der Waals surface area contributed by atoms with Gasteiger partial charge in [0, 0.05) is 18.7 Å². The third-order valence-electron chi connectivity index (χ3n) is 2.60. The van der Waals surface area contributed by atoms with E-state index >= 15 is 0 Å². The van der Waals surface area contributed by atoms with Crippen LogP contribution in [0.4, 0.5) is 4.39 Å². The molecule has 1 N–H and O–H groups in total. The van der Waals surface area contributed by atoms with Gasteiger partial charge in [-0.05, 0) is 32.0 Å². The minimum absolute atomic E-state index is 0.0724. The van der Waals surface area contributed by atoms with Crippen molar-refractivity contribution in [3.63, 3.8) is 0 Å². The molecule has 0 saturated carbocycles. The normalized spacial score (nSPS) is 9.94. The van der Waals surface area contributed by atoms with E-state index in [1.165, 1.54) is 18.2 Å². The maximum atomic E-state index is 12.9. The topological polar surface area (TPSA) is 49.4 Å². The average Bonchev–Trinajstić information content (AvgIpc) is 2.37. The molecule has 0 fully saturated rings. The van der Waals surface area contributed by atoms with E-state index in [1.54, 1.807) is 4.90 Å². The number of carbonyl (C=O) groups excluding carboxylic acids is 2. The van der Waals surface area contributed by atoms with Crippen molar-refractivity contribution in [1.29, 1.82) is 0 Å². The molecule has 0 saturated heterocycles. The van der Waals surface area contributed by atoms with E-state index in [2.05, 4.69) is 5.32 Å². The lowest BCUT2D eigenvalue weighted by molar-refractivity contribution is -0.129. The summed E-state index contributed by atoms with van der Waals surface area (Å²) in [6.07, 6.45) is 0. The summed E-state index contributed by atoms with van der Waals surface area (Å²) in [4.78, 5) is 24.9. The zero-order chi connectivity index (χ0) is 13.5. The Bertz CT molecular complexity index is 431. The first-order chi connectivity index (χ1) is 8.58. The van der Waals surface area contributed by atoms with Crippen molar-refractivity contribution in [2.75, 3.05) is 19.6 Å². The maximum absolute atomic E-state index is 12.9. The van der Waals surface area contributed by atoms with Crippen LogP contribution in [0.15, 0.2) is 24.3 Å². The predicted molar refractivity (Wildman–Crippen MR) is 66.7 cm³/mol. The highest BCUT2D eigenvalue weighted by atomic mass is 19.1. The molecule has 1 rings (SSSR count). The highest BCUT2D eigenvalue weighted by molar-refractivity contribution is 5.96. The first kappa shape index (κ1) is 14.2. The minimum Gasteiger partial charge on any atom is -0.343 e. The van der Waals surface area contributed by atoms with Crippen molar-refractivity contribution in [2.45, 2.75) is 13.8 Å². The molecule has 0 aliphatic rings. The third-order valence-corrected chi connectivity index (χ3v) is 2.60. The molecule has 5 heteroatoms. The van der Waals surface area contributed by atoms with Gasteiger partial charge in [0.25, 0.3) is 5.91 Å². The quantitative estimate of drug-likeness (QED) is 0.861. The molecular formula is C13H17FN2O2. The lowest BCUT2D eigenvalue weighted by Gasteiger charge is -2.18. The highest BCUT2D eigenvalue weighted by Crippen LogP contribution is 2.02. The van der Waals surface area contributed by atoms with Crippen LogP contribution in [-0.4, -0.2) is 36.3 Å². The first-order valence-corrected chi connectivity index (χ1v) is 5.90. The largest absolute Gasteiger partial charge is 0.343 e. The Hall–Kier alpha value is -1.91. The summed E-state index contributed by atoms with van der Waals surface area (Å²) < 4.78 is 12.9. The first-order valence-electron chi connectivity index (χ1n) is 5.90. The Kier molecular flexibility index (Phi) is 5.30. The van der Waals surface area contributed by atoms with Gasteiger partial charge in [-0.3, -0.25) is 9.59 Å². The smallest absolute Gasteiger partial charge is 0.251 e. The van der Waals surface area contributed by atoms with Gasteiger partial charge >= 0.3 is 0 Å². The van der Waals surface area contributed by atoms with Crippen molar-refractivity contribution < 1.29 is 14.0 Å². The number of amides is 2. The van der Waals surface area contributed by atoms with E-state index in [0.717, 1.165) is 6.07 Å². The van der Waals surface area contributed by atoms with Gasteiger partial charge in [0.05, 0.1) is 6.54 Å². The molecule has 98 valence electrons. The van der Waals surface area contributed by atoms with Gasteiger partial charge in [-0.1, -0.05) is 6.07 Å². The second kappa shape index (κ2) is 6.74. The van der Waals surface area contributed by atoms with Crippen molar-refractivity contribution in [3.05, 3.63) is 35.6 Å². The van der Waals surface area contributed by atoms with Crippen LogP contribution in [0, 0.1) is 5.82 Å². The number of carbonyl (C=O) groups is 2. The van der Waals surface area contributed by atoms with Crippen molar-refractivity contribution in [1.82, 2.24) is 10.2 Å². The molecule has 0 aliphatic carbocycles. The van der Waals surface area contributed by atoms with Crippen molar-refractivity contribution >= 4 is 11.8 Å². The molecule has 0 unspecified atom stereocenters. The molecular weight excluding hydrogens is 235 g/mol. The fourth-order valence-electron chi connectivity index (χ4n) is 1.58. The second-order valence-corrected chi connectivity index (χ2v) is 3.76. The molecule has 4 nitrogen and oxygen atoms in total. The van der Waals surface area contributed by atoms with Crippen molar-refractivity contribution in [3.8, 4) is 0 Å². The fraction of sp³-hybridized carbons (Fsp3) is 0.385. The number of hydrogen-bond donors (Lipinski definition) is 1. The average molecular weight is 252 g/mol. The number of hydrogen-bond acceptors (Lipinski definition) is 2. The zero-order valence-electron chi connectivity index (χ0n) is 10.6. The van der Waals surface area contributed by atoms with E-state index in [1.807, 2.05) is 13.8 Å². The molecule has 0 aromatic heterocycles. The summed E-state index contributed by atoms with van der Waals surface area (Å²) in [5.41, 5.74) is 0.211. The maximum Gasteiger partial charge on any atom is 0.251 e. The number of rotatable bonds is 5. The number of likely N-dealkylation sites (N-methyl/N-ethyl adjacent to an activating group) is 1. The van der Waals surface area contributed by atoms with Crippen LogP contribution >= 0.6 is 0 Å².